The van der Waals surface area contributed by atoms with Crippen molar-refractivity contribution in [1.82, 2.24) is 40.6 Å². The van der Waals surface area contributed by atoms with Crippen LogP contribution in [0.15, 0.2) is 59.4 Å². The van der Waals surface area contributed by atoms with Gasteiger partial charge in [-0.2, -0.15) is 0 Å². The van der Waals surface area contributed by atoms with Gasteiger partial charge in [-0.05, 0) is 73.8 Å². The number of aromatic nitrogens is 2. The van der Waals surface area contributed by atoms with Crippen molar-refractivity contribution in [3.05, 3.63) is 110 Å². The summed E-state index contributed by atoms with van der Waals surface area (Å²) >= 11 is 0. The molecule has 0 saturated carbocycles. The van der Waals surface area contributed by atoms with Gasteiger partial charge in [0.15, 0.2) is 5.60 Å². The summed E-state index contributed by atoms with van der Waals surface area (Å²) in [6.07, 6.45) is 2.79. The van der Waals surface area contributed by atoms with Crippen molar-refractivity contribution >= 4 is 70.1 Å². The Hall–Kier alpha value is -8.67. The normalized spacial score (nSPS) is 17.6. The maximum atomic E-state index is 15.8. The van der Waals surface area contributed by atoms with Crippen molar-refractivity contribution in [2.75, 3.05) is 26.2 Å². The van der Waals surface area contributed by atoms with Crippen LogP contribution in [0.2, 0.25) is 0 Å². The summed E-state index contributed by atoms with van der Waals surface area (Å²) in [5.74, 6) is -8.42. The number of fused-ring (bicyclic) bond motifs is 5. The molecular weight excluding hydrogens is 1020 g/mol. The van der Waals surface area contributed by atoms with Gasteiger partial charge in [0.2, 0.25) is 35.4 Å². The zero-order valence-electron chi connectivity index (χ0n) is 42.8. The third kappa shape index (κ3) is 11.5. The van der Waals surface area contributed by atoms with E-state index in [9.17, 15) is 58.2 Å². The molecule has 0 fully saturated rings. The van der Waals surface area contributed by atoms with Crippen LogP contribution in [0.25, 0.3) is 22.3 Å². The number of primary amides is 1. The van der Waals surface area contributed by atoms with Crippen molar-refractivity contribution in [2.24, 2.45) is 5.73 Å². The van der Waals surface area contributed by atoms with E-state index in [0.717, 1.165) is 4.90 Å². The molecule has 2 aromatic heterocycles. The third-order valence-corrected chi connectivity index (χ3v) is 14.6. The van der Waals surface area contributed by atoms with Crippen LogP contribution in [0.4, 0.5) is 4.39 Å². The van der Waals surface area contributed by atoms with E-state index >= 15 is 9.18 Å². The second-order valence-corrected chi connectivity index (χ2v) is 19.6. The Bertz CT molecular complexity index is 3250. The number of rotatable bonds is 23. The molecule has 0 bridgehead atoms. The van der Waals surface area contributed by atoms with E-state index < -0.39 is 127 Å². The number of aliphatic hydroxyl groups is 1. The maximum Gasteiger partial charge on any atom is 0.343 e. The highest BCUT2D eigenvalue weighted by atomic mass is 19.1. The zero-order valence-corrected chi connectivity index (χ0v) is 42.8. The number of carboxylic acids is 1. The minimum atomic E-state index is -2.14. The number of nitrogens with zero attached hydrogens (tertiary/aromatic N) is 4. The highest BCUT2D eigenvalue weighted by Gasteiger charge is 2.47. The molecule has 24 heteroatoms. The number of aliphatic carboxylic acids is 1. The van der Waals surface area contributed by atoms with Gasteiger partial charge in [0.05, 0.1) is 54.7 Å². The van der Waals surface area contributed by atoms with Crippen LogP contribution in [0.5, 0.6) is 0 Å². The number of hydrogen-bond acceptors (Lipinski definition) is 14. The molecule has 3 aliphatic heterocycles. The number of nitrogens with two attached hydrogens (primary N) is 1. The topological polar surface area (TPSA) is 336 Å². The van der Waals surface area contributed by atoms with E-state index in [1.165, 1.54) is 33.8 Å². The molecule has 0 spiro atoms. The monoisotopic (exact) mass is 1080 g/mol. The van der Waals surface area contributed by atoms with Crippen LogP contribution in [-0.4, -0.2) is 127 Å². The molecule has 0 unspecified atom stereocenters. The largest absolute Gasteiger partial charge is 0.481 e. The van der Waals surface area contributed by atoms with Crippen LogP contribution in [0.1, 0.15) is 103 Å². The minimum absolute atomic E-state index is 0.0510. The molecule has 4 aromatic rings. The standard InChI is InChI=1S/C54H58FN9O14/c1-3-54(77)33-21-39-49-31(25-63(39)51(74)32(33)27-78-53(54)76)48-38(15-13-30-28(2)34(55)22-36(61-49)47(30)48)64(26-40(56)65)52(75)37(20-29-10-6-4-7-11-29)60-43(68)24-57-42(67)23-58-50(73)35(14-18-46(71)72)59-41(66)12-8-5-9-19-62-44(69)16-17-45(62)70/h4,6-7,10-11,16-17,21-22,35,37-38,77H,3,5,8-9,12-15,18-20,23-27H2,1-2H3,(H2,56,65)(H,57,67)(H,58,73)(H,59,66)(H,60,68)(H,71,72)/t35-,37-,38-,54-/m0/s1. The average molecular weight is 1080 g/mol. The van der Waals surface area contributed by atoms with Gasteiger partial charge >= 0.3 is 11.9 Å². The lowest BCUT2D eigenvalue weighted by atomic mass is 9.80. The van der Waals surface area contributed by atoms with Crippen LogP contribution in [0, 0.1) is 12.7 Å². The molecule has 8 rings (SSSR count). The van der Waals surface area contributed by atoms with Gasteiger partial charge in [-0.1, -0.05) is 43.7 Å². The number of esters is 1. The molecular formula is C54H58FN9O14. The molecule has 23 nitrogen and oxygen atoms in total. The number of amides is 8. The Kier molecular flexibility index (Phi) is 16.6. The van der Waals surface area contributed by atoms with Crippen molar-refractivity contribution in [2.45, 2.75) is 115 Å². The molecule has 0 radical (unpaired) electrons. The van der Waals surface area contributed by atoms with E-state index in [2.05, 4.69) is 21.3 Å². The number of benzene rings is 2. The summed E-state index contributed by atoms with van der Waals surface area (Å²) in [6.45, 7) is 0.785. The van der Waals surface area contributed by atoms with Crippen LogP contribution in [0.3, 0.4) is 0 Å². The van der Waals surface area contributed by atoms with Gasteiger partial charge in [0.25, 0.3) is 17.4 Å². The quantitative estimate of drug-likeness (QED) is 0.0268. The van der Waals surface area contributed by atoms with Gasteiger partial charge in [0.1, 0.15) is 24.5 Å². The van der Waals surface area contributed by atoms with Gasteiger partial charge in [-0.25, -0.2) is 14.2 Å². The Balaban J connectivity index is 0.989. The SMILES string of the molecule is CC[C@@]1(O)C(=O)OCc2c1cc1n(c2=O)Cc2c-1nc1cc(F)c(C)c3c1c2[C@@H](N(CC(N)=O)C(=O)[C@H](Cc1ccccc1)NC(=O)CNC(=O)CNC(=O)[C@H](CCC(=O)O)NC(=O)CCCCCN1C(=O)C=CC1=O)CC3. The Morgan fingerprint density at radius 2 is 1.60 bits per heavy atom. The van der Waals surface area contributed by atoms with Crippen LogP contribution in [-0.2, 0) is 84.3 Å². The number of carbonyl (C=O) groups is 10. The number of halogens is 1. The fraction of sp³-hybridized carbons (Fsp3) is 0.407. The number of cyclic esters (lactones) is 1. The molecule has 1 aliphatic carbocycles. The molecule has 0 saturated heterocycles. The summed E-state index contributed by atoms with van der Waals surface area (Å²) in [6, 6.07) is 7.62. The minimum Gasteiger partial charge on any atom is -0.481 e. The van der Waals surface area contributed by atoms with E-state index in [-0.39, 0.29) is 79.6 Å². The summed E-state index contributed by atoms with van der Waals surface area (Å²) in [7, 11) is 0. The van der Waals surface area contributed by atoms with E-state index in [1.807, 2.05) is 0 Å². The van der Waals surface area contributed by atoms with Crippen molar-refractivity contribution in [3.8, 4) is 11.4 Å². The molecule has 4 aliphatic rings. The number of pyridine rings is 2. The summed E-state index contributed by atoms with van der Waals surface area (Å²) < 4.78 is 22.4. The molecule has 8 amide bonds. The Morgan fingerprint density at radius 3 is 2.29 bits per heavy atom. The lowest BCUT2D eigenvalue weighted by Gasteiger charge is -2.38. The van der Waals surface area contributed by atoms with Crippen molar-refractivity contribution in [1.29, 1.82) is 0 Å². The maximum absolute atomic E-state index is 15.8. The number of aryl methyl sites for hydroxylation is 1. The number of nitrogens with one attached hydrogen (secondary N) is 4. The summed E-state index contributed by atoms with van der Waals surface area (Å²) in [4.78, 5) is 150. The number of carbonyl (C=O) groups excluding carboxylic acids is 9. The Morgan fingerprint density at radius 1 is 0.897 bits per heavy atom. The molecule has 4 atom stereocenters. The van der Waals surface area contributed by atoms with Crippen LogP contribution >= 0.6 is 0 Å². The smallest absolute Gasteiger partial charge is 0.343 e. The number of unbranched alkanes of at least 4 members (excludes halogenated alkanes) is 2. The third-order valence-electron chi connectivity index (χ3n) is 14.6. The van der Waals surface area contributed by atoms with Crippen LogP contribution < -0.4 is 32.6 Å². The first-order valence-electron chi connectivity index (χ1n) is 25.5. The highest BCUT2D eigenvalue weighted by molar-refractivity contribution is 6.12. The fourth-order valence-corrected chi connectivity index (χ4v) is 10.6. The van der Waals surface area contributed by atoms with Crippen molar-refractivity contribution < 1.29 is 67.3 Å². The van der Waals surface area contributed by atoms with E-state index in [1.54, 1.807) is 44.2 Å². The zero-order chi connectivity index (χ0) is 56.2. The summed E-state index contributed by atoms with van der Waals surface area (Å²) in [5, 5.41) is 31.2. The Labute approximate surface area is 444 Å². The molecule has 8 N–H and O–H groups in total. The number of hydrogen-bond donors (Lipinski definition) is 7. The number of imide groups is 1. The van der Waals surface area contributed by atoms with E-state index in [0.29, 0.717) is 52.5 Å². The van der Waals surface area contributed by atoms with Gasteiger partial charge in [-0.15, -0.1) is 0 Å². The number of ether oxygens (including phenoxy) is 1. The van der Waals surface area contributed by atoms with Crippen molar-refractivity contribution in [3.63, 3.8) is 0 Å². The summed E-state index contributed by atoms with van der Waals surface area (Å²) in [5.41, 5.74) is 6.34. The average Bonchev–Trinajstić information content (AvgIpc) is 4.13. The number of carboxylic acid groups (broad SMARTS) is 1. The van der Waals surface area contributed by atoms with Gasteiger partial charge in [0, 0.05) is 60.5 Å². The first-order chi connectivity index (χ1) is 37.2. The first kappa shape index (κ1) is 55.6. The molecule has 2 aromatic carbocycles. The van der Waals surface area contributed by atoms with Gasteiger partial charge in [-0.3, -0.25) is 52.8 Å². The van der Waals surface area contributed by atoms with Gasteiger partial charge < -0.3 is 51.4 Å². The van der Waals surface area contributed by atoms with E-state index in [4.69, 9.17) is 15.5 Å². The highest BCUT2D eigenvalue weighted by Crippen LogP contribution is 2.47. The second-order valence-electron chi connectivity index (χ2n) is 19.6. The molecule has 410 valence electrons. The molecule has 78 heavy (non-hydrogen) atoms. The molecule has 5 heterocycles. The lowest BCUT2D eigenvalue weighted by molar-refractivity contribution is -0.172. The fourth-order valence-electron chi connectivity index (χ4n) is 10.6. The lowest BCUT2D eigenvalue weighted by Crippen LogP contribution is -2.54. The predicted octanol–water partition coefficient (Wildman–Crippen LogP) is 0.623. The predicted molar refractivity (Wildman–Crippen MR) is 272 cm³/mol. The first-order valence-corrected chi connectivity index (χ1v) is 25.5. The second kappa shape index (κ2) is 23.3.